The molecule has 0 N–H and O–H groups in total. The van der Waals surface area contributed by atoms with Gasteiger partial charge in [0.15, 0.2) is 5.78 Å². The number of carbonyl (C=O) groups is 1. The summed E-state index contributed by atoms with van der Waals surface area (Å²) < 4.78 is 0. The molecule has 16 heavy (non-hydrogen) atoms. The summed E-state index contributed by atoms with van der Waals surface area (Å²) in [5.41, 5.74) is 0.843. The van der Waals surface area contributed by atoms with Gasteiger partial charge in [0, 0.05) is 16.9 Å². The fourth-order valence-corrected chi connectivity index (χ4v) is 2.49. The molecule has 0 aliphatic heterocycles. The van der Waals surface area contributed by atoms with E-state index in [4.69, 9.17) is 0 Å². The third kappa shape index (κ3) is 1.85. The summed E-state index contributed by atoms with van der Waals surface area (Å²) >= 11 is 1.72. The van der Waals surface area contributed by atoms with E-state index in [1.165, 1.54) is 10.3 Å². The van der Waals surface area contributed by atoms with E-state index in [2.05, 4.69) is 12.3 Å². The smallest absolute Gasteiger partial charge is 0.163 e. The van der Waals surface area contributed by atoms with E-state index in [0.717, 1.165) is 10.9 Å². The van der Waals surface area contributed by atoms with Crippen LogP contribution in [0.25, 0.3) is 10.8 Å². The van der Waals surface area contributed by atoms with Crippen LogP contribution < -0.4 is 0 Å². The molecule has 0 fully saturated rings. The van der Waals surface area contributed by atoms with Crippen LogP contribution in [0.5, 0.6) is 0 Å². The van der Waals surface area contributed by atoms with Gasteiger partial charge >= 0.3 is 0 Å². The Kier molecular flexibility index (Phi) is 3.30. The van der Waals surface area contributed by atoms with Gasteiger partial charge in [-0.3, -0.25) is 4.79 Å². The van der Waals surface area contributed by atoms with Gasteiger partial charge in [-0.1, -0.05) is 31.2 Å². The number of hydrogen-bond acceptors (Lipinski definition) is 2. The molecule has 0 atom stereocenters. The number of rotatable bonds is 3. The van der Waals surface area contributed by atoms with Gasteiger partial charge in [0.25, 0.3) is 0 Å². The van der Waals surface area contributed by atoms with Crippen LogP contribution >= 0.6 is 11.8 Å². The monoisotopic (exact) mass is 230 g/mol. The van der Waals surface area contributed by atoms with E-state index in [1.807, 2.05) is 37.3 Å². The molecule has 0 aliphatic carbocycles. The Bertz CT molecular complexity index is 531. The zero-order valence-electron chi connectivity index (χ0n) is 9.49. The molecule has 0 amide bonds. The van der Waals surface area contributed by atoms with Crippen LogP contribution in [0.4, 0.5) is 0 Å². The Morgan fingerprint density at radius 2 is 1.81 bits per heavy atom. The maximum absolute atomic E-state index is 11.8. The molecule has 0 saturated heterocycles. The molecular formula is C14H14OS. The van der Waals surface area contributed by atoms with Crippen molar-refractivity contribution in [2.45, 2.75) is 18.2 Å². The fourth-order valence-electron chi connectivity index (χ4n) is 1.88. The molecule has 2 aromatic rings. The third-order valence-electron chi connectivity index (χ3n) is 2.73. The summed E-state index contributed by atoms with van der Waals surface area (Å²) in [6.45, 7) is 1.90. The Morgan fingerprint density at radius 3 is 2.44 bits per heavy atom. The summed E-state index contributed by atoms with van der Waals surface area (Å²) in [6.07, 6.45) is 2.62. The maximum atomic E-state index is 11.8. The van der Waals surface area contributed by atoms with Crippen LogP contribution in [0.15, 0.2) is 41.3 Å². The molecule has 0 aliphatic rings. The molecule has 0 saturated carbocycles. The van der Waals surface area contributed by atoms with Crippen molar-refractivity contribution in [3.05, 3.63) is 42.0 Å². The predicted molar refractivity (Wildman–Crippen MR) is 70.4 cm³/mol. The van der Waals surface area contributed by atoms with E-state index in [1.54, 1.807) is 11.8 Å². The zero-order valence-corrected chi connectivity index (χ0v) is 10.3. The average Bonchev–Trinajstić information content (AvgIpc) is 2.36. The first-order valence-corrected chi connectivity index (χ1v) is 6.59. The number of ketones is 1. The molecule has 82 valence electrons. The molecule has 2 aromatic carbocycles. The first-order chi connectivity index (χ1) is 7.77. The molecule has 2 rings (SSSR count). The predicted octanol–water partition coefficient (Wildman–Crippen LogP) is 4.15. The topological polar surface area (TPSA) is 17.1 Å². The number of carbonyl (C=O) groups excluding carboxylic acids is 1. The van der Waals surface area contributed by atoms with Crippen LogP contribution in [0.2, 0.25) is 0 Å². The Balaban J connectivity index is 2.74. The highest BCUT2D eigenvalue weighted by atomic mass is 32.2. The van der Waals surface area contributed by atoms with Crippen molar-refractivity contribution in [3.63, 3.8) is 0 Å². The van der Waals surface area contributed by atoms with Crippen molar-refractivity contribution in [1.82, 2.24) is 0 Å². The van der Waals surface area contributed by atoms with Crippen LogP contribution in [-0.4, -0.2) is 12.0 Å². The first kappa shape index (κ1) is 11.2. The van der Waals surface area contributed by atoms with Gasteiger partial charge < -0.3 is 0 Å². The minimum absolute atomic E-state index is 0.212. The summed E-state index contributed by atoms with van der Waals surface area (Å²) in [4.78, 5) is 13.0. The minimum atomic E-state index is 0.212. The van der Waals surface area contributed by atoms with Crippen molar-refractivity contribution in [2.75, 3.05) is 6.26 Å². The SMILES string of the molecule is CCC(=O)c1ccc(SC)c2ccccc12. The number of Topliss-reactive ketones (excluding diaryl/α,β-unsaturated/α-hetero) is 1. The van der Waals surface area contributed by atoms with Crippen molar-refractivity contribution in [2.24, 2.45) is 0 Å². The van der Waals surface area contributed by atoms with Crippen molar-refractivity contribution < 1.29 is 4.79 Å². The summed E-state index contributed by atoms with van der Waals surface area (Å²) in [5.74, 6) is 0.212. The molecule has 1 nitrogen and oxygen atoms in total. The van der Waals surface area contributed by atoms with Gasteiger partial charge in [0.1, 0.15) is 0 Å². The van der Waals surface area contributed by atoms with Crippen LogP contribution in [0.1, 0.15) is 23.7 Å². The standard InChI is InChI=1S/C14H14OS/c1-3-13(15)11-8-9-14(16-2)12-7-5-4-6-10(11)12/h4-9H,3H2,1-2H3. The van der Waals surface area contributed by atoms with Crippen LogP contribution in [0, 0.1) is 0 Å². The highest BCUT2D eigenvalue weighted by Gasteiger charge is 2.09. The molecule has 2 heteroatoms. The normalized spacial score (nSPS) is 10.6. The first-order valence-electron chi connectivity index (χ1n) is 5.37. The summed E-state index contributed by atoms with van der Waals surface area (Å²) in [6, 6.07) is 12.1. The Morgan fingerprint density at radius 1 is 1.12 bits per heavy atom. The molecule has 0 unspecified atom stereocenters. The number of hydrogen-bond donors (Lipinski definition) is 0. The highest BCUT2D eigenvalue weighted by Crippen LogP contribution is 2.29. The largest absolute Gasteiger partial charge is 0.294 e. The number of benzene rings is 2. The van der Waals surface area contributed by atoms with E-state index >= 15 is 0 Å². The van der Waals surface area contributed by atoms with Gasteiger partial charge in [0.05, 0.1) is 0 Å². The summed E-state index contributed by atoms with van der Waals surface area (Å²) in [5, 5.41) is 2.25. The van der Waals surface area contributed by atoms with Crippen molar-refractivity contribution >= 4 is 28.3 Å². The quantitative estimate of drug-likeness (QED) is 0.582. The van der Waals surface area contributed by atoms with E-state index in [0.29, 0.717) is 6.42 Å². The average molecular weight is 230 g/mol. The van der Waals surface area contributed by atoms with Gasteiger partial charge in [-0.2, -0.15) is 0 Å². The van der Waals surface area contributed by atoms with Crippen molar-refractivity contribution in [1.29, 1.82) is 0 Å². The van der Waals surface area contributed by atoms with Gasteiger partial charge in [-0.25, -0.2) is 0 Å². The molecule has 0 aromatic heterocycles. The minimum Gasteiger partial charge on any atom is -0.294 e. The van der Waals surface area contributed by atoms with Crippen molar-refractivity contribution in [3.8, 4) is 0 Å². The van der Waals surface area contributed by atoms with Gasteiger partial charge in [0.2, 0.25) is 0 Å². The Hall–Kier alpha value is -1.28. The lowest BCUT2D eigenvalue weighted by molar-refractivity contribution is 0.0989. The second-order valence-corrected chi connectivity index (χ2v) is 4.49. The third-order valence-corrected chi connectivity index (χ3v) is 3.52. The zero-order chi connectivity index (χ0) is 11.5. The van der Waals surface area contributed by atoms with E-state index in [-0.39, 0.29) is 5.78 Å². The molecule has 0 radical (unpaired) electrons. The van der Waals surface area contributed by atoms with Crippen LogP contribution in [0.3, 0.4) is 0 Å². The number of thioether (sulfide) groups is 1. The van der Waals surface area contributed by atoms with Gasteiger partial charge in [-0.15, -0.1) is 11.8 Å². The highest BCUT2D eigenvalue weighted by molar-refractivity contribution is 7.98. The fraction of sp³-hybridized carbons (Fsp3) is 0.214. The maximum Gasteiger partial charge on any atom is 0.163 e. The molecule has 0 heterocycles. The second kappa shape index (κ2) is 4.71. The lowest BCUT2D eigenvalue weighted by Gasteiger charge is -2.08. The number of fused-ring (bicyclic) bond motifs is 1. The lowest BCUT2D eigenvalue weighted by atomic mass is 10.0. The molecular weight excluding hydrogens is 216 g/mol. The lowest BCUT2D eigenvalue weighted by Crippen LogP contribution is -1.97. The Labute approximate surface area is 99.9 Å². The molecule has 0 bridgehead atoms. The van der Waals surface area contributed by atoms with E-state index < -0.39 is 0 Å². The van der Waals surface area contributed by atoms with E-state index in [9.17, 15) is 4.79 Å². The summed E-state index contributed by atoms with van der Waals surface area (Å²) in [7, 11) is 0. The van der Waals surface area contributed by atoms with Gasteiger partial charge in [-0.05, 0) is 29.2 Å². The van der Waals surface area contributed by atoms with Crippen LogP contribution in [-0.2, 0) is 0 Å². The molecule has 0 spiro atoms. The second-order valence-electron chi connectivity index (χ2n) is 3.64.